The third kappa shape index (κ3) is 3.65. The Morgan fingerprint density at radius 2 is 1.93 bits per heavy atom. The number of amides is 2. The number of carbonyl (C=O) groups is 1. The van der Waals surface area contributed by atoms with Gasteiger partial charge in [0.15, 0.2) is 0 Å². The maximum atomic E-state index is 12.5. The summed E-state index contributed by atoms with van der Waals surface area (Å²) in [5.74, 6) is 0.807. The van der Waals surface area contributed by atoms with Gasteiger partial charge in [0.2, 0.25) is 0 Å². The summed E-state index contributed by atoms with van der Waals surface area (Å²) in [5, 5.41) is 14.8. The minimum atomic E-state index is -0.238. The van der Waals surface area contributed by atoms with E-state index in [1.54, 1.807) is 6.20 Å². The summed E-state index contributed by atoms with van der Waals surface area (Å²) in [7, 11) is 1.92. The van der Waals surface area contributed by atoms with E-state index >= 15 is 0 Å². The molecule has 7 nitrogen and oxygen atoms in total. The lowest BCUT2D eigenvalue weighted by molar-refractivity contribution is 0.251. The minimum Gasteiger partial charge on any atom is -0.332 e. The Kier molecular flexibility index (Phi) is 4.90. The first-order valence-corrected chi connectivity index (χ1v) is 9.73. The fourth-order valence-corrected chi connectivity index (χ4v) is 3.55. The number of nitrogens with one attached hydrogen (secondary N) is 2. The lowest BCUT2D eigenvalue weighted by Gasteiger charge is -2.14. The topological polar surface area (TPSA) is 76.8 Å². The van der Waals surface area contributed by atoms with E-state index in [2.05, 4.69) is 34.7 Å². The first-order chi connectivity index (χ1) is 13.5. The molecule has 2 heterocycles. The van der Waals surface area contributed by atoms with Crippen molar-refractivity contribution < 1.29 is 4.79 Å². The van der Waals surface area contributed by atoms with Gasteiger partial charge < -0.3 is 10.6 Å². The molecule has 7 heteroatoms. The van der Waals surface area contributed by atoms with E-state index < -0.39 is 0 Å². The molecule has 3 aromatic rings. The van der Waals surface area contributed by atoms with E-state index in [1.165, 1.54) is 18.4 Å². The number of aryl methyl sites for hydroxylation is 1. The molecule has 1 aliphatic carbocycles. The number of aromatic nitrogens is 4. The highest BCUT2D eigenvalue weighted by molar-refractivity contribution is 5.89. The molecule has 1 fully saturated rings. The number of carbonyl (C=O) groups excluding carboxylic acids is 1. The van der Waals surface area contributed by atoms with Gasteiger partial charge in [0.25, 0.3) is 0 Å². The Labute approximate surface area is 164 Å². The second-order valence-corrected chi connectivity index (χ2v) is 7.60. The number of hydrogen-bond donors (Lipinski definition) is 2. The van der Waals surface area contributed by atoms with Crippen LogP contribution in [0.25, 0.3) is 5.69 Å². The molecular formula is C21H26N6O. The quantitative estimate of drug-likeness (QED) is 0.682. The lowest BCUT2D eigenvalue weighted by atomic mass is 10.1. The van der Waals surface area contributed by atoms with Crippen LogP contribution in [0.15, 0.2) is 42.7 Å². The molecule has 2 amide bonds. The number of rotatable bonds is 6. The van der Waals surface area contributed by atoms with Crippen molar-refractivity contribution in [2.24, 2.45) is 7.05 Å². The zero-order valence-corrected chi connectivity index (χ0v) is 16.5. The largest absolute Gasteiger partial charge is 0.332 e. The minimum absolute atomic E-state index is 0.205. The Morgan fingerprint density at radius 3 is 2.61 bits per heavy atom. The van der Waals surface area contributed by atoms with Gasteiger partial charge in [-0.1, -0.05) is 32.0 Å². The number of anilines is 1. The van der Waals surface area contributed by atoms with Gasteiger partial charge in [-0.05, 0) is 42.4 Å². The summed E-state index contributed by atoms with van der Waals surface area (Å²) < 4.78 is 3.73. The van der Waals surface area contributed by atoms with Crippen molar-refractivity contribution in [3.8, 4) is 5.69 Å². The molecule has 1 aliphatic rings. The highest BCUT2D eigenvalue weighted by atomic mass is 16.2. The summed E-state index contributed by atoms with van der Waals surface area (Å²) in [4.78, 5) is 12.5. The van der Waals surface area contributed by atoms with E-state index in [1.807, 2.05) is 52.9 Å². The first-order valence-electron chi connectivity index (χ1n) is 9.73. The van der Waals surface area contributed by atoms with Crippen LogP contribution in [-0.4, -0.2) is 25.6 Å². The molecule has 0 atom stereocenters. The number of benzene rings is 1. The average Bonchev–Trinajstić information content (AvgIpc) is 3.33. The summed E-state index contributed by atoms with van der Waals surface area (Å²) in [6.45, 7) is 4.65. The van der Waals surface area contributed by atoms with Crippen molar-refractivity contribution in [2.45, 2.75) is 45.1 Å². The molecule has 2 N–H and O–H groups in total. The first kappa shape index (κ1) is 18.3. The zero-order valence-electron chi connectivity index (χ0n) is 16.5. The summed E-state index contributed by atoms with van der Waals surface area (Å²) >= 11 is 0. The highest BCUT2D eigenvalue weighted by Gasteiger charge is 2.28. The predicted octanol–water partition coefficient (Wildman–Crippen LogP) is 3.93. The molecule has 28 heavy (non-hydrogen) atoms. The van der Waals surface area contributed by atoms with Crippen molar-refractivity contribution in [3.05, 3.63) is 59.7 Å². The SMILES string of the molecule is CC(C)c1c(NC(=O)NCc2c(C3CC3)cnn2C)cnn1-c1ccccc1. The van der Waals surface area contributed by atoms with Crippen LogP contribution in [0.5, 0.6) is 0 Å². The standard InChI is InChI=1S/C21H26N6O/c1-14(2)20-18(12-24-27(20)16-7-5-4-6-8-16)25-21(28)22-13-19-17(15-9-10-15)11-23-26(19)3/h4-8,11-12,14-15H,9-10,13H2,1-3H3,(H2,22,25,28). The van der Waals surface area contributed by atoms with Crippen molar-refractivity contribution >= 4 is 11.7 Å². The van der Waals surface area contributed by atoms with Gasteiger partial charge in [0.05, 0.1) is 41.7 Å². The number of hydrogen-bond acceptors (Lipinski definition) is 3. The smallest absolute Gasteiger partial charge is 0.319 e. The Bertz CT molecular complexity index is 968. The van der Waals surface area contributed by atoms with E-state index in [4.69, 9.17) is 0 Å². The normalized spacial score (nSPS) is 13.7. The van der Waals surface area contributed by atoms with Gasteiger partial charge in [-0.2, -0.15) is 10.2 Å². The van der Waals surface area contributed by atoms with E-state index in [0.717, 1.165) is 22.8 Å². The Balaban J connectivity index is 1.48. The maximum Gasteiger partial charge on any atom is 0.319 e. The monoisotopic (exact) mass is 378 g/mol. The maximum absolute atomic E-state index is 12.5. The van der Waals surface area contributed by atoms with Gasteiger partial charge in [-0.3, -0.25) is 4.68 Å². The third-order valence-corrected chi connectivity index (χ3v) is 5.13. The van der Waals surface area contributed by atoms with Crippen molar-refractivity contribution in [3.63, 3.8) is 0 Å². The molecule has 1 saturated carbocycles. The zero-order chi connectivity index (χ0) is 19.7. The van der Waals surface area contributed by atoms with Crippen LogP contribution in [0.2, 0.25) is 0 Å². The van der Waals surface area contributed by atoms with Crippen LogP contribution in [-0.2, 0) is 13.6 Å². The molecule has 2 aromatic heterocycles. The van der Waals surface area contributed by atoms with Gasteiger partial charge in [-0.15, -0.1) is 0 Å². The second kappa shape index (κ2) is 7.50. The van der Waals surface area contributed by atoms with Crippen LogP contribution in [0.3, 0.4) is 0 Å². The number of nitrogens with zero attached hydrogens (tertiary/aromatic N) is 4. The molecule has 0 saturated heterocycles. The van der Waals surface area contributed by atoms with Gasteiger partial charge in [0, 0.05) is 7.05 Å². The van der Waals surface area contributed by atoms with Crippen LogP contribution < -0.4 is 10.6 Å². The molecule has 4 rings (SSSR count). The predicted molar refractivity (Wildman–Crippen MR) is 109 cm³/mol. The molecule has 0 spiro atoms. The van der Waals surface area contributed by atoms with E-state index in [9.17, 15) is 4.79 Å². The average molecular weight is 378 g/mol. The second-order valence-electron chi connectivity index (χ2n) is 7.60. The third-order valence-electron chi connectivity index (χ3n) is 5.13. The molecule has 1 aromatic carbocycles. The summed E-state index contributed by atoms with van der Waals surface area (Å²) in [6.07, 6.45) is 6.05. The molecule has 0 radical (unpaired) electrons. The van der Waals surface area contributed by atoms with Crippen LogP contribution in [0.4, 0.5) is 10.5 Å². The van der Waals surface area contributed by atoms with E-state index in [0.29, 0.717) is 12.5 Å². The highest BCUT2D eigenvalue weighted by Crippen LogP contribution is 2.41. The Morgan fingerprint density at radius 1 is 1.18 bits per heavy atom. The van der Waals surface area contributed by atoms with Crippen molar-refractivity contribution in [1.82, 2.24) is 24.9 Å². The number of para-hydroxylation sites is 1. The lowest BCUT2D eigenvalue weighted by Crippen LogP contribution is -2.29. The summed E-state index contributed by atoms with van der Waals surface area (Å²) in [5.41, 5.74) is 5.00. The van der Waals surface area contributed by atoms with Gasteiger partial charge in [-0.25, -0.2) is 9.48 Å². The molecule has 0 unspecified atom stereocenters. The van der Waals surface area contributed by atoms with Gasteiger partial charge in [0.1, 0.15) is 0 Å². The fourth-order valence-electron chi connectivity index (χ4n) is 3.55. The van der Waals surface area contributed by atoms with Crippen molar-refractivity contribution in [2.75, 3.05) is 5.32 Å². The fraction of sp³-hybridized carbons (Fsp3) is 0.381. The molecule has 0 bridgehead atoms. The van der Waals surface area contributed by atoms with E-state index in [-0.39, 0.29) is 11.9 Å². The molecular weight excluding hydrogens is 352 g/mol. The molecule has 146 valence electrons. The Hall–Kier alpha value is -3.09. The van der Waals surface area contributed by atoms with Crippen LogP contribution >= 0.6 is 0 Å². The summed E-state index contributed by atoms with van der Waals surface area (Å²) in [6, 6.07) is 9.70. The molecule has 0 aliphatic heterocycles. The van der Waals surface area contributed by atoms with Gasteiger partial charge >= 0.3 is 6.03 Å². The van der Waals surface area contributed by atoms with Crippen molar-refractivity contribution in [1.29, 1.82) is 0 Å². The van der Waals surface area contributed by atoms with Crippen LogP contribution in [0, 0.1) is 0 Å². The van der Waals surface area contributed by atoms with Crippen LogP contribution in [0.1, 0.15) is 55.5 Å². The number of urea groups is 1.